The second-order valence-electron chi connectivity index (χ2n) is 3.67. The lowest BCUT2D eigenvalue weighted by molar-refractivity contribution is -0.140. The molecule has 0 saturated carbocycles. The summed E-state index contributed by atoms with van der Waals surface area (Å²) >= 11 is 6.79. The molecule has 1 aromatic rings. The van der Waals surface area contributed by atoms with E-state index in [2.05, 4.69) is 0 Å². The van der Waals surface area contributed by atoms with Gasteiger partial charge in [-0.2, -0.15) is 4.31 Å². The Balaban J connectivity index is 2.40. The van der Waals surface area contributed by atoms with Gasteiger partial charge >= 0.3 is 5.97 Å². The van der Waals surface area contributed by atoms with Crippen molar-refractivity contribution in [2.45, 2.75) is 23.1 Å². The fourth-order valence-corrected chi connectivity index (χ4v) is 5.29. The van der Waals surface area contributed by atoms with E-state index in [1.807, 2.05) is 0 Å². The van der Waals surface area contributed by atoms with Crippen LogP contribution in [0.1, 0.15) is 12.8 Å². The highest BCUT2D eigenvalue weighted by atomic mass is 35.5. The van der Waals surface area contributed by atoms with Crippen molar-refractivity contribution in [1.29, 1.82) is 0 Å². The minimum atomic E-state index is -3.78. The van der Waals surface area contributed by atoms with Crippen LogP contribution in [-0.2, 0) is 14.8 Å². The van der Waals surface area contributed by atoms with Crippen molar-refractivity contribution in [3.8, 4) is 0 Å². The molecule has 0 bridgehead atoms. The fraction of sp³-hybridized carbons (Fsp3) is 0.444. The number of rotatable bonds is 3. The van der Waals surface area contributed by atoms with Gasteiger partial charge in [-0.05, 0) is 24.3 Å². The van der Waals surface area contributed by atoms with Crippen LogP contribution in [0.15, 0.2) is 15.7 Å². The van der Waals surface area contributed by atoms with Crippen LogP contribution >= 0.6 is 22.9 Å². The maximum Gasteiger partial charge on any atom is 0.322 e. The minimum absolute atomic E-state index is 0.0207. The Morgan fingerprint density at radius 3 is 2.82 bits per heavy atom. The molecule has 17 heavy (non-hydrogen) atoms. The molecule has 0 amide bonds. The Morgan fingerprint density at radius 1 is 1.59 bits per heavy atom. The zero-order chi connectivity index (χ0) is 12.6. The largest absolute Gasteiger partial charge is 0.480 e. The Morgan fingerprint density at radius 2 is 2.29 bits per heavy atom. The van der Waals surface area contributed by atoms with Gasteiger partial charge < -0.3 is 5.11 Å². The van der Waals surface area contributed by atoms with Gasteiger partial charge in [0.1, 0.15) is 6.04 Å². The number of carboxylic acid groups (broad SMARTS) is 1. The topological polar surface area (TPSA) is 74.7 Å². The van der Waals surface area contributed by atoms with Gasteiger partial charge in [0, 0.05) is 6.54 Å². The van der Waals surface area contributed by atoms with Crippen LogP contribution in [0.5, 0.6) is 0 Å². The maximum atomic E-state index is 12.2. The van der Waals surface area contributed by atoms with Crippen molar-refractivity contribution in [2.75, 3.05) is 6.54 Å². The number of aliphatic carboxylic acids is 1. The van der Waals surface area contributed by atoms with E-state index >= 15 is 0 Å². The molecular formula is C9H10ClNO4S2. The molecule has 1 aromatic heterocycles. The molecule has 1 N–H and O–H groups in total. The van der Waals surface area contributed by atoms with Gasteiger partial charge in [-0.25, -0.2) is 8.42 Å². The summed E-state index contributed by atoms with van der Waals surface area (Å²) in [7, 11) is -3.78. The van der Waals surface area contributed by atoms with Crippen molar-refractivity contribution in [3.05, 3.63) is 16.5 Å². The lowest BCUT2D eigenvalue weighted by Crippen LogP contribution is -2.40. The van der Waals surface area contributed by atoms with Crippen LogP contribution in [0.2, 0.25) is 5.02 Å². The maximum absolute atomic E-state index is 12.2. The monoisotopic (exact) mass is 295 g/mol. The molecule has 0 aromatic carbocycles. The smallest absolute Gasteiger partial charge is 0.322 e. The molecule has 0 spiro atoms. The van der Waals surface area contributed by atoms with Gasteiger partial charge in [-0.3, -0.25) is 4.79 Å². The molecule has 94 valence electrons. The molecule has 1 atom stereocenters. The molecule has 8 heteroatoms. The van der Waals surface area contributed by atoms with Crippen LogP contribution in [0.3, 0.4) is 0 Å². The van der Waals surface area contributed by atoms with E-state index in [-0.39, 0.29) is 15.8 Å². The van der Waals surface area contributed by atoms with Crippen molar-refractivity contribution in [2.24, 2.45) is 0 Å². The number of sulfonamides is 1. The summed E-state index contributed by atoms with van der Waals surface area (Å²) in [6.07, 6.45) is 0.900. The summed E-state index contributed by atoms with van der Waals surface area (Å²) in [5.74, 6) is -1.11. The number of hydrogen-bond acceptors (Lipinski definition) is 4. The zero-order valence-corrected chi connectivity index (χ0v) is 11.1. The van der Waals surface area contributed by atoms with E-state index in [4.69, 9.17) is 16.7 Å². The van der Waals surface area contributed by atoms with E-state index in [1.165, 1.54) is 6.07 Å². The number of thiophene rings is 1. The molecular weight excluding hydrogens is 286 g/mol. The van der Waals surface area contributed by atoms with Crippen molar-refractivity contribution in [3.63, 3.8) is 0 Å². The van der Waals surface area contributed by atoms with Gasteiger partial charge in [0.2, 0.25) is 0 Å². The molecule has 1 aliphatic heterocycles. The van der Waals surface area contributed by atoms with Crippen LogP contribution in [0.4, 0.5) is 0 Å². The summed E-state index contributed by atoms with van der Waals surface area (Å²) in [6.45, 7) is 0.230. The first-order valence-corrected chi connectivity index (χ1v) is 7.62. The standard InChI is InChI=1S/C9H10ClNO4S2/c10-6-3-5-16-9(6)17(14,15)11-4-1-2-7(11)8(12)13/h3,5,7H,1-2,4H2,(H,12,13)/t7-/m0/s1. The van der Waals surface area contributed by atoms with Gasteiger partial charge in [0.05, 0.1) is 5.02 Å². The molecule has 0 radical (unpaired) electrons. The molecule has 0 aliphatic carbocycles. The predicted molar refractivity (Wildman–Crippen MR) is 63.9 cm³/mol. The first-order chi connectivity index (χ1) is 7.94. The van der Waals surface area contributed by atoms with Gasteiger partial charge in [-0.15, -0.1) is 11.3 Å². The number of hydrogen-bond donors (Lipinski definition) is 1. The van der Waals surface area contributed by atoms with Crippen molar-refractivity contribution in [1.82, 2.24) is 4.31 Å². The molecule has 1 fully saturated rings. The summed E-state index contributed by atoms with van der Waals surface area (Å²) < 4.78 is 25.5. The number of halogens is 1. The third kappa shape index (κ3) is 2.20. The Bertz CT molecular complexity index is 539. The molecule has 1 aliphatic rings. The quantitative estimate of drug-likeness (QED) is 0.920. The number of carbonyl (C=O) groups is 1. The van der Waals surface area contributed by atoms with Gasteiger partial charge in [0.15, 0.2) is 4.21 Å². The van der Waals surface area contributed by atoms with Crippen molar-refractivity contribution < 1.29 is 18.3 Å². The summed E-state index contributed by atoms with van der Waals surface area (Å²) in [5, 5.41) is 10.7. The van der Waals surface area contributed by atoms with E-state index in [9.17, 15) is 13.2 Å². The first kappa shape index (κ1) is 12.8. The van der Waals surface area contributed by atoms with Gasteiger partial charge in [0.25, 0.3) is 10.0 Å². The van der Waals surface area contributed by atoms with E-state index in [1.54, 1.807) is 5.38 Å². The van der Waals surface area contributed by atoms with Crippen LogP contribution in [0, 0.1) is 0 Å². The van der Waals surface area contributed by atoms with E-state index in [0.29, 0.717) is 12.8 Å². The zero-order valence-electron chi connectivity index (χ0n) is 8.67. The molecule has 0 unspecified atom stereocenters. The normalized spacial score (nSPS) is 21.8. The van der Waals surface area contributed by atoms with E-state index in [0.717, 1.165) is 15.6 Å². The lowest BCUT2D eigenvalue weighted by Gasteiger charge is -2.20. The Hall–Kier alpha value is -0.630. The second kappa shape index (κ2) is 4.56. The van der Waals surface area contributed by atoms with Crippen LogP contribution < -0.4 is 0 Å². The number of carboxylic acids is 1. The molecule has 5 nitrogen and oxygen atoms in total. The Kier molecular flexibility index (Phi) is 3.44. The molecule has 2 rings (SSSR count). The highest BCUT2D eigenvalue weighted by Crippen LogP contribution is 2.33. The Labute approximate surface area is 108 Å². The highest BCUT2D eigenvalue weighted by molar-refractivity contribution is 7.91. The molecule has 1 saturated heterocycles. The first-order valence-electron chi connectivity index (χ1n) is 4.92. The van der Waals surface area contributed by atoms with Gasteiger partial charge in [-0.1, -0.05) is 11.6 Å². The average molecular weight is 296 g/mol. The SMILES string of the molecule is O=C(O)[C@@H]1CCCN1S(=O)(=O)c1sccc1Cl. The van der Waals surface area contributed by atoms with E-state index < -0.39 is 22.0 Å². The minimum Gasteiger partial charge on any atom is -0.480 e. The molecule has 2 heterocycles. The third-order valence-electron chi connectivity index (χ3n) is 2.62. The highest BCUT2D eigenvalue weighted by Gasteiger charge is 2.40. The van der Waals surface area contributed by atoms with Crippen LogP contribution in [0.25, 0.3) is 0 Å². The number of nitrogens with zero attached hydrogens (tertiary/aromatic N) is 1. The average Bonchev–Trinajstić information content (AvgIpc) is 2.84. The van der Waals surface area contributed by atoms with Crippen LogP contribution in [-0.4, -0.2) is 36.4 Å². The lowest BCUT2D eigenvalue weighted by atomic mass is 10.2. The second-order valence-corrected chi connectivity index (χ2v) is 7.08. The summed E-state index contributed by atoms with van der Waals surface area (Å²) in [4.78, 5) is 11.0. The van der Waals surface area contributed by atoms with Crippen molar-refractivity contribution >= 4 is 38.9 Å². The summed E-state index contributed by atoms with van der Waals surface area (Å²) in [6, 6.07) is 0.517. The predicted octanol–water partition coefficient (Wildman–Crippen LogP) is 1.64. The summed E-state index contributed by atoms with van der Waals surface area (Å²) in [5.41, 5.74) is 0. The fourth-order valence-electron chi connectivity index (χ4n) is 1.85. The third-order valence-corrected chi connectivity index (χ3v) is 6.52.